The van der Waals surface area contributed by atoms with E-state index in [1.54, 1.807) is 0 Å². The van der Waals surface area contributed by atoms with Gasteiger partial charge >= 0.3 is 17.9 Å². The Morgan fingerprint density at radius 2 is 1.95 bits per heavy atom. The highest BCUT2D eigenvalue weighted by atomic mass is 32.2. The summed E-state index contributed by atoms with van der Waals surface area (Å²) in [5.74, 6) is -7.43. The van der Waals surface area contributed by atoms with E-state index in [-0.39, 0.29) is 6.42 Å². The molecule has 3 saturated heterocycles. The predicted molar refractivity (Wildman–Crippen MR) is 62.0 cm³/mol. The third kappa shape index (κ3) is 2.36. The van der Waals surface area contributed by atoms with Crippen molar-refractivity contribution in [3.63, 3.8) is 0 Å². The van der Waals surface area contributed by atoms with Crippen LogP contribution in [0.4, 0.5) is 8.78 Å². The molecule has 0 aromatic heterocycles. The lowest BCUT2D eigenvalue weighted by Gasteiger charge is -2.20. The van der Waals surface area contributed by atoms with Crippen LogP contribution in [0.3, 0.4) is 0 Å². The van der Waals surface area contributed by atoms with Gasteiger partial charge in [-0.2, -0.15) is 17.2 Å². The van der Waals surface area contributed by atoms with Gasteiger partial charge in [-0.25, -0.2) is 4.79 Å². The van der Waals surface area contributed by atoms with Crippen molar-refractivity contribution in [1.29, 1.82) is 0 Å². The van der Waals surface area contributed by atoms with Crippen LogP contribution in [0.15, 0.2) is 0 Å². The summed E-state index contributed by atoms with van der Waals surface area (Å²) in [4.78, 5) is 22.7. The SMILES string of the molecule is CC(F)(F)C(=O)OCOC(=O)C1C2CC3C(O2)C1OS3(=O)=O. The molecule has 3 heterocycles. The van der Waals surface area contributed by atoms with Crippen LogP contribution in [0.5, 0.6) is 0 Å². The zero-order chi connectivity index (χ0) is 16.3. The van der Waals surface area contributed by atoms with Crippen LogP contribution < -0.4 is 0 Å². The molecule has 11 heteroatoms. The third-order valence-electron chi connectivity index (χ3n) is 3.88. The van der Waals surface area contributed by atoms with Gasteiger partial charge in [-0.1, -0.05) is 0 Å². The zero-order valence-electron chi connectivity index (χ0n) is 11.2. The van der Waals surface area contributed by atoms with Gasteiger partial charge in [0.05, 0.1) is 6.10 Å². The summed E-state index contributed by atoms with van der Waals surface area (Å²) in [6, 6.07) is 0. The molecule has 0 aromatic carbocycles. The molecule has 8 nitrogen and oxygen atoms in total. The highest BCUT2D eigenvalue weighted by molar-refractivity contribution is 7.87. The quantitative estimate of drug-likeness (QED) is 0.385. The highest BCUT2D eigenvalue weighted by Crippen LogP contribution is 2.50. The summed E-state index contributed by atoms with van der Waals surface area (Å²) in [7, 11) is -3.77. The van der Waals surface area contributed by atoms with Crippen molar-refractivity contribution >= 4 is 22.1 Å². The van der Waals surface area contributed by atoms with Gasteiger partial charge in [0.15, 0.2) is 0 Å². The fourth-order valence-corrected chi connectivity index (χ4v) is 4.57. The maximum atomic E-state index is 12.5. The summed E-state index contributed by atoms with van der Waals surface area (Å²) in [5, 5.41) is -0.789. The van der Waals surface area contributed by atoms with Crippen molar-refractivity contribution in [2.75, 3.05) is 6.79 Å². The molecule has 124 valence electrons. The smallest absolute Gasteiger partial charge is 0.379 e. The molecule has 0 aromatic rings. The molecule has 0 saturated carbocycles. The maximum absolute atomic E-state index is 12.5. The molecule has 0 radical (unpaired) electrons. The predicted octanol–water partition coefficient (Wildman–Crippen LogP) is -0.430. The molecule has 0 N–H and O–H groups in total. The number of carbonyl (C=O) groups is 2. The van der Waals surface area contributed by atoms with Crippen molar-refractivity contribution in [3.05, 3.63) is 0 Å². The minimum absolute atomic E-state index is 0.107. The number of esters is 2. The summed E-state index contributed by atoms with van der Waals surface area (Å²) in [5.41, 5.74) is 0. The van der Waals surface area contributed by atoms with Crippen LogP contribution >= 0.6 is 0 Å². The molecule has 5 unspecified atom stereocenters. The first kappa shape index (κ1) is 15.6. The van der Waals surface area contributed by atoms with Gasteiger partial charge in [0, 0.05) is 6.92 Å². The standard InChI is InChI=1S/C11H12F2O8S/c1-11(12,13)10(15)19-3-18-9(14)6-4-2-5-7(20-4)8(6)21-22(5,16)17/h4-8H,2-3H2,1H3. The Morgan fingerprint density at radius 3 is 2.59 bits per heavy atom. The van der Waals surface area contributed by atoms with Crippen molar-refractivity contribution in [2.24, 2.45) is 5.92 Å². The molecule has 5 atom stereocenters. The second-order valence-electron chi connectivity index (χ2n) is 5.39. The number of ether oxygens (including phenoxy) is 3. The van der Waals surface area contributed by atoms with Crippen LogP contribution in [0.2, 0.25) is 0 Å². The Labute approximate surface area is 123 Å². The van der Waals surface area contributed by atoms with Crippen LogP contribution in [0, 0.1) is 5.92 Å². The summed E-state index contributed by atoms with van der Waals surface area (Å²) in [6.45, 7) is -0.643. The van der Waals surface area contributed by atoms with E-state index < -0.39 is 64.3 Å². The molecule has 22 heavy (non-hydrogen) atoms. The van der Waals surface area contributed by atoms with E-state index in [9.17, 15) is 26.8 Å². The van der Waals surface area contributed by atoms with Crippen LogP contribution in [0.1, 0.15) is 13.3 Å². The van der Waals surface area contributed by atoms with Crippen molar-refractivity contribution < 1.29 is 45.2 Å². The first-order valence-electron chi connectivity index (χ1n) is 6.40. The fraction of sp³-hybridized carbons (Fsp3) is 0.818. The van der Waals surface area contributed by atoms with Gasteiger partial charge in [-0.15, -0.1) is 0 Å². The van der Waals surface area contributed by atoms with E-state index in [0.717, 1.165) is 0 Å². The molecule has 2 bridgehead atoms. The summed E-state index contributed by atoms with van der Waals surface area (Å²) < 4.78 is 67.3. The number of alkyl halides is 2. The van der Waals surface area contributed by atoms with Crippen LogP contribution in [-0.2, 0) is 38.1 Å². The van der Waals surface area contributed by atoms with Gasteiger partial charge in [-0.05, 0) is 6.42 Å². The van der Waals surface area contributed by atoms with Gasteiger partial charge in [0.2, 0.25) is 6.79 Å². The minimum Gasteiger partial charge on any atom is -0.427 e. The Balaban J connectivity index is 1.58. The molecule has 3 rings (SSSR count). The van der Waals surface area contributed by atoms with Crippen LogP contribution in [0.25, 0.3) is 0 Å². The fourth-order valence-electron chi connectivity index (χ4n) is 2.92. The third-order valence-corrected chi connectivity index (χ3v) is 5.57. The molecule has 3 fully saturated rings. The number of halogens is 2. The number of carbonyl (C=O) groups excluding carboxylic acids is 2. The van der Waals surface area contributed by atoms with E-state index in [1.807, 2.05) is 0 Å². The van der Waals surface area contributed by atoms with E-state index in [4.69, 9.17) is 8.92 Å². The monoisotopic (exact) mass is 342 g/mol. The zero-order valence-corrected chi connectivity index (χ0v) is 12.0. The Bertz CT molecular complexity index is 612. The first-order valence-corrected chi connectivity index (χ1v) is 7.87. The molecule has 0 amide bonds. The topological polar surface area (TPSA) is 105 Å². The number of rotatable bonds is 4. The summed E-state index contributed by atoms with van der Waals surface area (Å²) in [6.07, 6.45) is -2.27. The van der Waals surface area contributed by atoms with Crippen molar-refractivity contribution in [2.45, 2.75) is 42.8 Å². The molecular weight excluding hydrogens is 330 g/mol. The average Bonchev–Trinajstić information content (AvgIpc) is 2.98. The van der Waals surface area contributed by atoms with Gasteiger partial charge in [0.1, 0.15) is 23.4 Å². The van der Waals surface area contributed by atoms with Crippen molar-refractivity contribution in [3.8, 4) is 0 Å². The number of fused-ring (bicyclic) bond motifs is 1. The molecule has 0 aliphatic carbocycles. The largest absolute Gasteiger partial charge is 0.427 e. The van der Waals surface area contributed by atoms with Gasteiger partial charge in [-0.3, -0.25) is 8.98 Å². The Morgan fingerprint density at radius 1 is 1.27 bits per heavy atom. The normalized spacial score (nSPS) is 38.0. The average molecular weight is 342 g/mol. The number of hydrogen-bond donors (Lipinski definition) is 0. The van der Waals surface area contributed by atoms with Gasteiger partial charge in [0.25, 0.3) is 10.1 Å². The van der Waals surface area contributed by atoms with E-state index in [1.165, 1.54) is 0 Å². The first-order chi connectivity index (χ1) is 10.1. The Kier molecular flexibility index (Phi) is 3.42. The maximum Gasteiger partial charge on any atom is 0.379 e. The van der Waals surface area contributed by atoms with E-state index in [0.29, 0.717) is 6.92 Å². The molecule has 0 spiro atoms. The second-order valence-corrected chi connectivity index (χ2v) is 7.18. The molecule has 3 aliphatic rings. The van der Waals surface area contributed by atoms with E-state index >= 15 is 0 Å². The minimum atomic E-state index is -3.77. The lowest BCUT2D eigenvalue weighted by Crippen LogP contribution is -2.40. The molecular formula is C11H12F2O8S. The van der Waals surface area contributed by atoms with Crippen LogP contribution in [-0.4, -0.2) is 56.6 Å². The highest BCUT2D eigenvalue weighted by Gasteiger charge is 2.67. The second kappa shape index (κ2) is 4.83. The molecule has 3 aliphatic heterocycles. The lowest BCUT2D eigenvalue weighted by molar-refractivity contribution is -0.187. The van der Waals surface area contributed by atoms with Crippen molar-refractivity contribution in [1.82, 2.24) is 0 Å². The number of hydrogen-bond acceptors (Lipinski definition) is 8. The van der Waals surface area contributed by atoms with E-state index in [2.05, 4.69) is 9.47 Å². The lowest BCUT2D eigenvalue weighted by atomic mass is 9.86. The summed E-state index contributed by atoms with van der Waals surface area (Å²) >= 11 is 0. The Hall–Kier alpha value is -1.33. The van der Waals surface area contributed by atoms with Gasteiger partial charge < -0.3 is 14.2 Å².